The van der Waals surface area contributed by atoms with E-state index in [4.69, 9.17) is 0 Å². The number of nitrogens with one attached hydrogen (secondary N) is 2. The molecule has 0 saturated carbocycles. The van der Waals surface area contributed by atoms with Crippen molar-refractivity contribution in [1.82, 2.24) is 10.3 Å². The topological polar surface area (TPSA) is 71.1 Å². The molecular formula is C21H20FN3O2. The molecule has 2 aromatic carbocycles. The number of aromatic nitrogens is 1. The summed E-state index contributed by atoms with van der Waals surface area (Å²) < 4.78 is 13.2. The summed E-state index contributed by atoms with van der Waals surface area (Å²) >= 11 is 0. The first-order valence-electron chi connectivity index (χ1n) is 8.60. The van der Waals surface area contributed by atoms with Crippen LogP contribution >= 0.6 is 0 Å². The third-order valence-electron chi connectivity index (χ3n) is 4.16. The molecule has 27 heavy (non-hydrogen) atoms. The lowest BCUT2D eigenvalue weighted by Gasteiger charge is -2.18. The summed E-state index contributed by atoms with van der Waals surface area (Å²) in [7, 11) is 0. The first kappa shape index (κ1) is 18.5. The van der Waals surface area contributed by atoms with E-state index in [1.54, 1.807) is 18.3 Å². The summed E-state index contributed by atoms with van der Waals surface area (Å²) in [5.74, 6) is -0.905. The van der Waals surface area contributed by atoms with Gasteiger partial charge in [0.05, 0.1) is 23.7 Å². The quantitative estimate of drug-likeness (QED) is 0.721. The van der Waals surface area contributed by atoms with Gasteiger partial charge in [0.2, 0.25) is 11.8 Å². The molecule has 3 rings (SSSR count). The van der Waals surface area contributed by atoms with E-state index in [-0.39, 0.29) is 24.1 Å². The van der Waals surface area contributed by atoms with Gasteiger partial charge in [0.25, 0.3) is 0 Å². The number of rotatable bonds is 5. The molecule has 2 N–H and O–H groups in total. The van der Waals surface area contributed by atoms with E-state index in [2.05, 4.69) is 15.6 Å². The first-order chi connectivity index (χ1) is 12.9. The van der Waals surface area contributed by atoms with E-state index < -0.39 is 6.04 Å². The smallest absolute Gasteiger partial charge is 0.226 e. The molecule has 0 fully saturated rings. The number of pyridine rings is 1. The number of amides is 2. The number of aryl methyl sites for hydroxylation is 1. The van der Waals surface area contributed by atoms with Gasteiger partial charge >= 0.3 is 0 Å². The Morgan fingerprint density at radius 3 is 2.59 bits per heavy atom. The molecule has 1 aromatic heterocycles. The van der Waals surface area contributed by atoms with Gasteiger partial charge in [0.1, 0.15) is 5.82 Å². The molecule has 2 amide bonds. The third kappa shape index (κ3) is 4.67. The predicted octanol–water partition coefficient (Wildman–Crippen LogP) is 3.89. The highest BCUT2D eigenvalue weighted by atomic mass is 19.1. The fourth-order valence-corrected chi connectivity index (χ4v) is 3.02. The standard InChI is InChI=1S/C21H20FN3O2/c1-13-10-16-4-3-9-23-21(16)19(11-13)25-20(27)12-18(24-14(2)26)15-5-7-17(22)8-6-15/h3-11,18H,12H2,1-2H3,(H,24,26)(H,25,27). The number of anilines is 1. The zero-order valence-corrected chi connectivity index (χ0v) is 15.1. The first-order valence-corrected chi connectivity index (χ1v) is 8.60. The lowest BCUT2D eigenvalue weighted by atomic mass is 10.0. The van der Waals surface area contributed by atoms with Crippen LogP contribution in [0.5, 0.6) is 0 Å². The maximum Gasteiger partial charge on any atom is 0.226 e. The minimum absolute atomic E-state index is 0.0213. The van der Waals surface area contributed by atoms with Gasteiger partial charge in [-0.3, -0.25) is 14.6 Å². The second-order valence-corrected chi connectivity index (χ2v) is 6.44. The highest BCUT2D eigenvalue weighted by Gasteiger charge is 2.18. The SMILES string of the molecule is CC(=O)NC(CC(=O)Nc1cc(C)cc2cccnc12)c1ccc(F)cc1. The fourth-order valence-electron chi connectivity index (χ4n) is 3.02. The van der Waals surface area contributed by atoms with Crippen molar-refractivity contribution in [1.29, 1.82) is 0 Å². The van der Waals surface area contributed by atoms with E-state index in [1.165, 1.54) is 19.1 Å². The molecule has 0 spiro atoms. The number of fused-ring (bicyclic) bond motifs is 1. The van der Waals surface area contributed by atoms with E-state index in [0.29, 0.717) is 16.8 Å². The van der Waals surface area contributed by atoms with Crippen LogP contribution in [0.25, 0.3) is 10.9 Å². The Kier molecular flexibility index (Phi) is 5.45. The van der Waals surface area contributed by atoms with E-state index >= 15 is 0 Å². The molecule has 1 unspecified atom stereocenters. The van der Waals surface area contributed by atoms with Crippen LogP contribution in [0, 0.1) is 12.7 Å². The van der Waals surface area contributed by atoms with E-state index in [9.17, 15) is 14.0 Å². The molecule has 0 bridgehead atoms. The number of carbonyl (C=O) groups is 2. The normalized spacial score (nSPS) is 11.8. The Bertz CT molecular complexity index is 986. The molecule has 138 valence electrons. The Hall–Kier alpha value is -3.28. The van der Waals surface area contributed by atoms with Crippen molar-refractivity contribution in [3.8, 4) is 0 Å². The van der Waals surface area contributed by atoms with Gasteiger partial charge in [-0.25, -0.2) is 4.39 Å². The largest absolute Gasteiger partial charge is 0.349 e. The second-order valence-electron chi connectivity index (χ2n) is 6.44. The number of carbonyl (C=O) groups excluding carboxylic acids is 2. The summed E-state index contributed by atoms with van der Waals surface area (Å²) in [6.45, 7) is 3.33. The zero-order chi connectivity index (χ0) is 19.4. The molecule has 0 aliphatic rings. The van der Waals surface area contributed by atoms with Crippen LogP contribution in [0.2, 0.25) is 0 Å². The molecule has 1 atom stereocenters. The molecule has 0 saturated heterocycles. The maximum absolute atomic E-state index is 13.2. The average Bonchev–Trinajstić information content (AvgIpc) is 2.61. The minimum atomic E-state index is -0.549. The monoisotopic (exact) mass is 365 g/mol. The third-order valence-corrected chi connectivity index (χ3v) is 4.16. The molecule has 3 aromatic rings. The van der Waals surface area contributed by atoms with Crippen molar-refractivity contribution in [3.05, 3.63) is 71.7 Å². The molecule has 1 heterocycles. The molecular weight excluding hydrogens is 345 g/mol. The number of halogens is 1. The molecule has 0 aliphatic carbocycles. The van der Waals surface area contributed by atoms with Crippen molar-refractivity contribution < 1.29 is 14.0 Å². The summed E-state index contributed by atoms with van der Waals surface area (Å²) in [6, 6.07) is 12.8. The van der Waals surface area contributed by atoms with Crippen molar-refractivity contribution in [3.63, 3.8) is 0 Å². The highest BCUT2D eigenvalue weighted by molar-refractivity contribution is 6.00. The zero-order valence-electron chi connectivity index (χ0n) is 15.1. The van der Waals surface area contributed by atoms with Crippen molar-refractivity contribution in [2.24, 2.45) is 0 Å². The van der Waals surface area contributed by atoms with Gasteiger partial charge in [-0.15, -0.1) is 0 Å². The Morgan fingerprint density at radius 2 is 1.89 bits per heavy atom. The number of hydrogen-bond acceptors (Lipinski definition) is 3. The Balaban J connectivity index is 1.82. The predicted molar refractivity (Wildman–Crippen MR) is 103 cm³/mol. The van der Waals surface area contributed by atoms with E-state index in [1.807, 2.05) is 31.2 Å². The maximum atomic E-state index is 13.2. The lowest BCUT2D eigenvalue weighted by Crippen LogP contribution is -2.29. The number of nitrogens with zero attached hydrogens (tertiary/aromatic N) is 1. The van der Waals surface area contributed by atoms with Crippen LogP contribution in [0.3, 0.4) is 0 Å². The van der Waals surface area contributed by atoms with Crippen LogP contribution < -0.4 is 10.6 Å². The number of hydrogen-bond donors (Lipinski definition) is 2. The Labute approximate surface area is 156 Å². The average molecular weight is 365 g/mol. The Morgan fingerprint density at radius 1 is 1.15 bits per heavy atom. The second kappa shape index (κ2) is 7.95. The van der Waals surface area contributed by atoms with Gasteiger partial charge < -0.3 is 10.6 Å². The van der Waals surface area contributed by atoms with Gasteiger partial charge in [0.15, 0.2) is 0 Å². The van der Waals surface area contributed by atoms with Gasteiger partial charge in [-0.1, -0.05) is 18.2 Å². The summed E-state index contributed by atoms with van der Waals surface area (Å²) in [4.78, 5) is 28.5. The lowest BCUT2D eigenvalue weighted by molar-refractivity contribution is -0.120. The molecule has 0 aliphatic heterocycles. The summed E-state index contributed by atoms with van der Waals surface area (Å²) in [5, 5.41) is 6.56. The van der Waals surface area contributed by atoms with Gasteiger partial charge in [-0.2, -0.15) is 0 Å². The summed E-state index contributed by atoms with van der Waals surface area (Å²) in [6.07, 6.45) is 1.69. The van der Waals surface area contributed by atoms with Crippen molar-refractivity contribution >= 4 is 28.4 Å². The fraction of sp³-hybridized carbons (Fsp3) is 0.190. The van der Waals surface area contributed by atoms with E-state index in [0.717, 1.165) is 10.9 Å². The summed E-state index contributed by atoms with van der Waals surface area (Å²) in [5.41, 5.74) is 2.99. The van der Waals surface area contributed by atoms with Crippen molar-refractivity contribution in [2.45, 2.75) is 26.3 Å². The van der Waals surface area contributed by atoms with Crippen molar-refractivity contribution in [2.75, 3.05) is 5.32 Å². The van der Waals surface area contributed by atoms with Crippen LogP contribution in [0.4, 0.5) is 10.1 Å². The van der Waals surface area contributed by atoms with Gasteiger partial charge in [0, 0.05) is 18.5 Å². The van der Waals surface area contributed by atoms with Crippen LogP contribution in [0.1, 0.15) is 30.5 Å². The van der Waals surface area contributed by atoms with Gasteiger partial charge in [-0.05, 0) is 48.4 Å². The molecule has 5 nitrogen and oxygen atoms in total. The molecule has 0 radical (unpaired) electrons. The number of benzene rings is 2. The van der Waals surface area contributed by atoms with Crippen LogP contribution in [-0.2, 0) is 9.59 Å². The molecule has 6 heteroatoms. The highest BCUT2D eigenvalue weighted by Crippen LogP contribution is 2.24. The minimum Gasteiger partial charge on any atom is -0.349 e. The van der Waals surface area contributed by atoms with Crippen LogP contribution in [-0.4, -0.2) is 16.8 Å². The van der Waals surface area contributed by atoms with Crippen LogP contribution in [0.15, 0.2) is 54.7 Å².